The highest BCUT2D eigenvalue weighted by molar-refractivity contribution is 7.90. The highest BCUT2D eigenvalue weighted by atomic mass is 32.2. The number of aromatic nitrogens is 1. The third-order valence-corrected chi connectivity index (χ3v) is 3.63. The minimum Gasteiger partial charge on any atom is -0.439 e. The van der Waals surface area contributed by atoms with Crippen LogP contribution in [0, 0.1) is 0 Å². The van der Waals surface area contributed by atoms with Crippen molar-refractivity contribution in [2.45, 2.75) is 11.1 Å². The molecule has 0 saturated heterocycles. The number of alkyl halides is 3. The lowest BCUT2D eigenvalue weighted by atomic mass is 10.3. The molecule has 1 aromatic carbocycles. The van der Waals surface area contributed by atoms with Crippen molar-refractivity contribution in [3.05, 3.63) is 48.2 Å². The van der Waals surface area contributed by atoms with Crippen LogP contribution in [0.2, 0.25) is 0 Å². The Morgan fingerprint density at radius 2 is 1.86 bits per heavy atom. The van der Waals surface area contributed by atoms with E-state index in [0.29, 0.717) is 6.20 Å². The van der Waals surface area contributed by atoms with Crippen molar-refractivity contribution < 1.29 is 26.3 Å². The van der Waals surface area contributed by atoms with Gasteiger partial charge in [0.1, 0.15) is 5.75 Å². The zero-order valence-corrected chi connectivity index (χ0v) is 11.6. The Kier molecular flexibility index (Phi) is 3.91. The van der Waals surface area contributed by atoms with Gasteiger partial charge in [0.05, 0.1) is 10.5 Å². The molecule has 2 rings (SSSR count). The molecule has 0 fully saturated rings. The number of hydrogen-bond donors (Lipinski definition) is 0. The molecule has 1 aromatic heterocycles. The molecule has 0 atom stereocenters. The average Bonchev–Trinajstić information content (AvgIpc) is 2.37. The summed E-state index contributed by atoms with van der Waals surface area (Å²) in [5.41, 5.74) is -0.889. The van der Waals surface area contributed by atoms with Crippen LogP contribution in [0.4, 0.5) is 13.2 Å². The van der Waals surface area contributed by atoms with E-state index in [-0.39, 0.29) is 16.5 Å². The molecule has 0 spiro atoms. The van der Waals surface area contributed by atoms with Gasteiger partial charge >= 0.3 is 6.18 Å². The molecule has 4 nitrogen and oxygen atoms in total. The van der Waals surface area contributed by atoms with Crippen LogP contribution < -0.4 is 4.74 Å². The molecule has 0 radical (unpaired) electrons. The molecule has 0 unspecified atom stereocenters. The molecule has 0 bridgehead atoms. The van der Waals surface area contributed by atoms with E-state index in [9.17, 15) is 21.6 Å². The number of sulfone groups is 1. The number of hydrogen-bond acceptors (Lipinski definition) is 4. The second kappa shape index (κ2) is 5.36. The molecule has 0 saturated carbocycles. The Morgan fingerprint density at radius 1 is 1.14 bits per heavy atom. The number of pyridine rings is 1. The van der Waals surface area contributed by atoms with Gasteiger partial charge < -0.3 is 4.74 Å². The van der Waals surface area contributed by atoms with Crippen molar-refractivity contribution >= 4 is 9.84 Å². The molecule has 0 N–H and O–H groups in total. The summed E-state index contributed by atoms with van der Waals surface area (Å²) in [4.78, 5) is 3.59. The van der Waals surface area contributed by atoms with E-state index in [1.165, 1.54) is 24.3 Å². The van der Waals surface area contributed by atoms with Gasteiger partial charge in [-0.3, -0.25) is 0 Å². The molecule has 8 heteroatoms. The summed E-state index contributed by atoms with van der Waals surface area (Å²) in [7, 11) is -3.39. The Balaban J connectivity index is 2.23. The van der Waals surface area contributed by atoms with E-state index < -0.39 is 21.6 Å². The molecule has 112 valence electrons. The summed E-state index contributed by atoms with van der Waals surface area (Å²) < 4.78 is 65.2. The van der Waals surface area contributed by atoms with Crippen molar-refractivity contribution in [3.8, 4) is 11.6 Å². The van der Waals surface area contributed by atoms with Crippen LogP contribution in [-0.4, -0.2) is 19.7 Å². The van der Waals surface area contributed by atoms with Gasteiger partial charge in [-0.2, -0.15) is 13.2 Å². The van der Waals surface area contributed by atoms with Crippen LogP contribution >= 0.6 is 0 Å². The first kappa shape index (κ1) is 15.3. The maximum atomic E-state index is 12.4. The predicted octanol–water partition coefficient (Wildman–Crippen LogP) is 3.30. The van der Waals surface area contributed by atoms with Gasteiger partial charge in [-0.25, -0.2) is 13.4 Å². The fourth-order valence-electron chi connectivity index (χ4n) is 1.50. The van der Waals surface area contributed by atoms with Gasteiger partial charge in [-0.05, 0) is 24.3 Å². The van der Waals surface area contributed by atoms with Gasteiger partial charge in [0.2, 0.25) is 5.88 Å². The van der Waals surface area contributed by atoms with E-state index >= 15 is 0 Å². The quantitative estimate of drug-likeness (QED) is 0.871. The third kappa shape index (κ3) is 3.94. The van der Waals surface area contributed by atoms with Crippen LogP contribution in [0.15, 0.2) is 47.5 Å². The second-order valence-electron chi connectivity index (χ2n) is 4.23. The lowest BCUT2D eigenvalue weighted by molar-refractivity contribution is -0.137. The zero-order valence-electron chi connectivity index (χ0n) is 10.8. The molecule has 21 heavy (non-hydrogen) atoms. The second-order valence-corrected chi connectivity index (χ2v) is 6.25. The molecule has 0 aliphatic carbocycles. The minimum absolute atomic E-state index is 0.0481. The lowest BCUT2D eigenvalue weighted by Crippen LogP contribution is -2.05. The highest BCUT2D eigenvalue weighted by Crippen LogP contribution is 2.30. The Bertz CT molecular complexity index is 740. The Morgan fingerprint density at radius 3 is 2.38 bits per heavy atom. The summed E-state index contributed by atoms with van der Waals surface area (Å²) in [5.74, 6) is 0.110. The minimum atomic E-state index is -4.47. The van der Waals surface area contributed by atoms with Crippen molar-refractivity contribution in [2.75, 3.05) is 6.26 Å². The van der Waals surface area contributed by atoms with E-state index in [4.69, 9.17) is 4.74 Å². The third-order valence-electron chi connectivity index (χ3n) is 2.52. The highest BCUT2D eigenvalue weighted by Gasteiger charge is 2.30. The summed E-state index contributed by atoms with van der Waals surface area (Å²) in [6.45, 7) is 0. The Hall–Kier alpha value is -2.09. The Labute approximate surface area is 119 Å². The number of ether oxygens (including phenoxy) is 1. The van der Waals surface area contributed by atoms with Crippen LogP contribution in [0.1, 0.15) is 5.56 Å². The molecular weight excluding hydrogens is 307 g/mol. The van der Waals surface area contributed by atoms with Crippen molar-refractivity contribution in [3.63, 3.8) is 0 Å². The van der Waals surface area contributed by atoms with E-state index in [0.717, 1.165) is 18.4 Å². The van der Waals surface area contributed by atoms with Gasteiger partial charge in [0, 0.05) is 18.5 Å². The van der Waals surface area contributed by atoms with E-state index in [1.54, 1.807) is 0 Å². The number of benzene rings is 1. The molecule has 1 heterocycles. The summed E-state index contributed by atoms with van der Waals surface area (Å²) in [6.07, 6.45) is -2.78. The average molecular weight is 317 g/mol. The first-order valence-electron chi connectivity index (χ1n) is 5.67. The molecule has 0 aliphatic heterocycles. The predicted molar refractivity (Wildman–Crippen MR) is 68.9 cm³/mol. The van der Waals surface area contributed by atoms with Gasteiger partial charge in [0.15, 0.2) is 9.84 Å². The largest absolute Gasteiger partial charge is 0.439 e. The van der Waals surface area contributed by atoms with Crippen LogP contribution in [0.25, 0.3) is 0 Å². The smallest absolute Gasteiger partial charge is 0.417 e. The van der Waals surface area contributed by atoms with Crippen molar-refractivity contribution in [2.24, 2.45) is 0 Å². The molecule has 0 aliphatic rings. The number of rotatable bonds is 3. The van der Waals surface area contributed by atoms with Gasteiger partial charge in [-0.15, -0.1) is 0 Å². The monoisotopic (exact) mass is 317 g/mol. The van der Waals surface area contributed by atoms with Crippen molar-refractivity contribution in [1.29, 1.82) is 0 Å². The lowest BCUT2D eigenvalue weighted by Gasteiger charge is -2.08. The summed E-state index contributed by atoms with van der Waals surface area (Å²) in [5, 5.41) is 0. The first-order valence-corrected chi connectivity index (χ1v) is 7.56. The molecule has 0 amide bonds. The first-order chi connectivity index (χ1) is 9.66. The van der Waals surface area contributed by atoms with E-state index in [2.05, 4.69) is 4.98 Å². The summed E-state index contributed by atoms with van der Waals surface area (Å²) in [6, 6.07) is 7.51. The fourth-order valence-corrected chi connectivity index (χ4v) is 2.15. The number of nitrogens with zero attached hydrogens (tertiary/aromatic N) is 1. The normalized spacial score (nSPS) is 12.2. The van der Waals surface area contributed by atoms with Crippen LogP contribution in [-0.2, 0) is 16.0 Å². The van der Waals surface area contributed by atoms with Crippen LogP contribution in [0.5, 0.6) is 11.6 Å². The van der Waals surface area contributed by atoms with E-state index in [1.807, 2.05) is 0 Å². The molecular formula is C13H10F3NO3S. The standard InChI is InChI=1S/C13H10F3NO3S/c1-21(18,19)11-4-2-3-10(7-11)20-12-6-5-9(8-17-12)13(14,15)16/h2-8H,1H3. The fraction of sp³-hybridized carbons (Fsp3) is 0.154. The van der Waals surface area contributed by atoms with Crippen LogP contribution in [0.3, 0.4) is 0 Å². The van der Waals surface area contributed by atoms with Gasteiger partial charge in [-0.1, -0.05) is 6.07 Å². The van der Waals surface area contributed by atoms with Gasteiger partial charge in [0.25, 0.3) is 0 Å². The topological polar surface area (TPSA) is 56.3 Å². The molecule has 2 aromatic rings. The van der Waals surface area contributed by atoms with Crippen molar-refractivity contribution in [1.82, 2.24) is 4.98 Å². The number of halogens is 3. The summed E-state index contributed by atoms with van der Waals surface area (Å²) >= 11 is 0. The SMILES string of the molecule is CS(=O)(=O)c1cccc(Oc2ccc(C(F)(F)F)cn2)c1. The maximum absolute atomic E-state index is 12.4. The zero-order chi connectivity index (χ0) is 15.7. The maximum Gasteiger partial charge on any atom is 0.417 e.